The van der Waals surface area contributed by atoms with Crippen molar-refractivity contribution >= 4 is 11.6 Å². The quantitative estimate of drug-likeness (QED) is 0.735. The lowest BCUT2D eigenvalue weighted by Crippen LogP contribution is -2.31. The molecule has 16 heavy (non-hydrogen) atoms. The lowest BCUT2D eigenvalue weighted by Gasteiger charge is -2.16. The Kier molecular flexibility index (Phi) is 4.72. The predicted octanol–water partition coefficient (Wildman–Crippen LogP) is -0.0168. The van der Waals surface area contributed by atoms with E-state index in [1.54, 1.807) is 13.2 Å². The minimum atomic E-state index is -0.0182. The first-order valence-corrected chi connectivity index (χ1v) is 5.16. The van der Waals surface area contributed by atoms with Crippen LogP contribution in [-0.4, -0.2) is 38.6 Å². The average molecular weight is 222 g/mol. The van der Waals surface area contributed by atoms with Crippen LogP contribution in [0.2, 0.25) is 0 Å². The van der Waals surface area contributed by atoms with Gasteiger partial charge in [0.1, 0.15) is 0 Å². The van der Waals surface area contributed by atoms with Gasteiger partial charge in [0.05, 0.1) is 6.54 Å². The Bertz CT molecular complexity index is 352. The molecule has 1 amide bonds. The minimum absolute atomic E-state index is 0.0182. The molecule has 0 saturated heterocycles. The molecule has 2 N–H and O–H groups in total. The molecule has 1 heterocycles. The predicted molar refractivity (Wildman–Crippen MR) is 64.3 cm³/mol. The Labute approximate surface area is 95.9 Å². The van der Waals surface area contributed by atoms with Crippen molar-refractivity contribution in [1.29, 1.82) is 0 Å². The summed E-state index contributed by atoms with van der Waals surface area (Å²) in [4.78, 5) is 17.1. The van der Waals surface area contributed by atoms with Gasteiger partial charge >= 0.3 is 0 Å². The molecular formula is C11H18N4O. The monoisotopic (exact) mass is 222 g/mol. The van der Waals surface area contributed by atoms with E-state index in [9.17, 15) is 4.79 Å². The molecule has 0 aliphatic heterocycles. The van der Waals surface area contributed by atoms with Gasteiger partial charge in [-0.3, -0.25) is 9.78 Å². The summed E-state index contributed by atoms with van der Waals surface area (Å²) in [7, 11) is 5.59. The summed E-state index contributed by atoms with van der Waals surface area (Å²) in [5.41, 5.74) is 2.19. The maximum atomic E-state index is 11.0. The molecule has 0 aromatic carbocycles. The molecule has 5 nitrogen and oxygen atoms in total. The van der Waals surface area contributed by atoms with Gasteiger partial charge in [-0.15, -0.1) is 0 Å². The molecule has 0 fully saturated rings. The van der Waals surface area contributed by atoms with Crippen LogP contribution in [0.25, 0.3) is 0 Å². The third-order valence-corrected chi connectivity index (χ3v) is 2.24. The van der Waals surface area contributed by atoms with E-state index in [2.05, 4.69) is 15.6 Å². The number of anilines is 1. The van der Waals surface area contributed by atoms with E-state index in [0.717, 1.165) is 11.3 Å². The van der Waals surface area contributed by atoms with Crippen molar-refractivity contribution in [1.82, 2.24) is 15.6 Å². The third-order valence-electron chi connectivity index (χ3n) is 2.24. The second-order valence-electron chi connectivity index (χ2n) is 3.68. The Morgan fingerprint density at radius 1 is 1.50 bits per heavy atom. The molecule has 0 radical (unpaired) electrons. The second kappa shape index (κ2) is 6.07. The molecule has 1 aromatic heterocycles. The van der Waals surface area contributed by atoms with E-state index in [4.69, 9.17) is 0 Å². The zero-order valence-electron chi connectivity index (χ0n) is 9.95. The number of amides is 1. The Hall–Kier alpha value is -1.62. The van der Waals surface area contributed by atoms with Crippen molar-refractivity contribution in [2.45, 2.75) is 6.54 Å². The van der Waals surface area contributed by atoms with Gasteiger partial charge in [-0.25, -0.2) is 0 Å². The molecule has 0 spiro atoms. The first kappa shape index (κ1) is 12.4. The highest BCUT2D eigenvalue weighted by Crippen LogP contribution is 2.15. The lowest BCUT2D eigenvalue weighted by molar-refractivity contribution is -0.119. The van der Waals surface area contributed by atoms with Crippen LogP contribution in [0.15, 0.2) is 18.5 Å². The van der Waals surface area contributed by atoms with Crippen LogP contribution in [0.5, 0.6) is 0 Å². The van der Waals surface area contributed by atoms with E-state index in [-0.39, 0.29) is 5.91 Å². The van der Waals surface area contributed by atoms with E-state index in [1.165, 1.54) is 0 Å². The van der Waals surface area contributed by atoms with Gasteiger partial charge in [0.25, 0.3) is 0 Å². The Morgan fingerprint density at radius 2 is 2.25 bits per heavy atom. The molecule has 1 aromatic rings. The number of nitrogens with one attached hydrogen (secondary N) is 2. The first-order valence-electron chi connectivity index (χ1n) is 5.16. The number of hydrogen-bond acceptors (Lipinski definition) is 4. The van der Waals surface area contributed by atoms with Crippen LogP contribution in [-0.2, 0) is 11.3 Å². The van der Waals surface area contributed by atoms with Gasteiger partial charge in [0, 0.05) is 51.3 Å². The number of likely N-dealkylation sites (N-methyl/N-ethyl adjacent to an activating group) is 1. The number of aromatic nitrogens is 1. The summed E-state index contributed by atoms with van der Waals surface area (Å²) in [6.45, 7) is 0.951. The largest absolute Gasteiger partial charge is 0.377 e. The van der Waals surface area contributed by atoms with E-state index in [0.29, 0.717) is 13.1 Å². The molecule has 0 atom stereocenters. The van der Waals surface area contributed by atoms with Gasteiger partial charge in [-0.2, -0.15) is 0 Å². The number of carbonyl (C=O) groups is 1. The molecule has 0 aliphatic carbocycles. The average Bonchev–Trinajstić information content (AvgIpc) is 2.29. The summed E-state index contributed by atoms with van der Waals surface area (Å²) in [6.07, 6.45) is 3.57. The van der Waals surface area contributed by atoms with Crippen molar-refractivity contribution in [2.24, 2.45) is 0 Å². The number of hydrogen-bond donors (Lipinski definition) is 2. The molecule has 0 aliphatic rings. The SMILES string of the molecule is CNC(=O)CNCc1cnccc1N(C)C. The zero-order valence-corrected chi connectivity index (χ0v) is 9.95. The van der Waals surface area contributed by atoms with Gasteiger partial charge in [-0.1, -0.05) is 0 Å². The van der Waals surface area contributed by atoms with Gasteiger partial charge in [0.15, 0.2) is 0 Å². The van der Waals surface area contributed by atoms with Crippen molar-refractivity contribution in [3.8, 4) is 0 Å². The Balaban J connectivity index is 2.56. The maximum absolute atomic E-state index is 11.0. The second-order valence-corrected chi connectivity index (χ2v) is 3.68. The van der Waals surface area contributed by atoms with Crippen LogP contribution in [0, 0.1) is 0 Å². The Morgan fingerprint density at radius 3 is 2.88 bits per heavy atom. The van der Waals surface area contributed by atoms with Gasteiger partial charge in [0.2, 0.25) is 5.91 Å². The summed E-state index contributed by atoms with van der Waals surface area (Å²) >= 11 is 0. The van der Waals surface area contributed by atoms with Crippen molar-refractivity contribution in [2.75, 3.05) is 32.6 Å². The normalized spacial score (nSPS) is 9.94. The highest BCUT2D eigenvalue weighted by Gasteiger charge is 2.04. The topological polar surface area (TPSA) is 57.3 Å². The number of carbonyl (C=O) groups excluding carboxylic acids is 1. The summed E-state index contributed by atoms with van der Waals surface area (Å²) in [5, 5.41) is 5.63. The van der Waals surface area contributed by atoms with E-state index >= 15 is 0 Å². The highest BCUT2D eigenvalue weighted by molar-refractivity contribution is 5.77. The zero-order chi connectivity index (χ0) is 12.0. The van der Waals surface area contributed by atoms with Crippen LogP contribution in [0.4, 0.5) is 5.69 Å². The number of rotatable bonds is 5. The summed E-state index contributed by atoms with van der Waals surface area (Å²) in [5.74, 6) is -0.0182. The fraction of sp³-hybridized carbons (Fsp3) is 0.455. The minimum Gasteiger partial charge on any atom is -0.377 e. The molecule has 88 valence electrons. The van der Waals surface area contributed by atoms with Crippen LogP contribution >= 0.6 is 0 Å². The van der Waals surface area contributed by atoms with Crippen LogP contribution in [0.3, 0.4) is 0 Å². The van der Waals surface area contributed by atoms with Crippen LogP contribution < -0.4 is 15.5 Å². The molecule has 5 heteroatoms. The molecule has 0 unspecified atom stereocenters. The molecule has 1 rings (SSSR count). The third kappa shape index (κ3) is 3.51. The fourth-order valence-electron chi connectivity index (χ4n) is 1.39. The molecular weight excluding hydrogens is 204 g/mol. The molecule has 0 bridgehead atoms. The maximum Gasteiger partial charge on any atom is 0.233 e. The standard InChI is InChI=1S/C11H18N4O/c1-12-11(16)8-14-7-9-6-13-5-4-10(9)15(2)3/h4-6,14H,7-8H2,1-3H3,(H,12,16). The van der Waals surface area contributed by atoms with Gasteiger partial charge < -0.3 is 15.5 Å². The van der Waals surface area contributed by atoms with Crippen LogP contribution in [0.1, 0.15) is 5.56 Å². The van der Waals surface area contributed by atoms with Gasteiger partial charge in [-0.05, 0) is 6.07 Å². The van der Waals surface area contributed by atoms with Crippen molar-refractivity contribution < 1.29 is 4.79 Å². The molecule has 0 saturated carbocycles. The summed E-state index contributed by atoms with van der Waals surface area (Å²) in [6, 6.07) is 1.96. The number of pyridine rings is 1. The lowest BCUT2D eigenvalue weighted by atomic mass is 10.2. The fourth-order valence-corrected chi connectivity index (χ4v) is 1.39. The highest BCUT2D eigenvalue weighted by atomic mass is 16.1. The van der Waals surface area contributed by atoms with Crippen molar-refractivity contribution in [3.05, 3.63) is 24.0 Å². The first-order chi connectivity index (χ1) is 7.65. The van der Waals surface area contributed by atoms with Crippen molar-refractivity contribution in [3.63, 3.8) is 0 Å². The van der Waals surface area contributed by atoms with E-state index < -0.39 is 0 Å². The smallest absolute Gasteiger partial charge is 0.233 e. The summed E-state index contributed by atoms with van der Waals surface area (Å²) < 4.78 is 0. The number of nitrogens with zero attached hydrogens (tertiary/aromatic N) is 2. The van der Waals surface area contributed by atoms with E-state index in [1.807, 2.05) is 31.3 Å².